The predicted octanol–water partition coefficient (Wildman–Crippen LogP) is 2.46. The van der Waals surface area contributed by atoms with Gasteiger partial charge in [-0.15, -0.1) is 0 Å². The molecule has 7 atom stereocenters. The Morgan fingerprint density at radius 3 is 2.74 bits per heavy atom. The molecular weight excluding hydrogens is 244 g/mol. The van der Waals surface area contributed by atoms with Crippen LogP contribution >= 0.6 is 0 Å². The third-order valence-electron chi connectivity index (χ3n) is 6.00. The van der Waals surface area contributed by atoms with Gasteiger partial charge in [-0.1, -0.05) is 13.8 Å². The minimum absolute atomic E-state index is 0.0738. The van der Waals surface area contributed by atoms with Crippen LogP contribution in [0, 0.1) is 23.7 Å². The van der Waals surface area contributed by atoms with Crippen molar-refractivity contribution in [1.29, 1.82) is 0 Å². The van der Waals surface area contributed by atoms with E-state index in [9.17, 15) is 4.79 Å². The Morgan fingerprint density at radius 2 is 1.95 bits per heavy atom. The average molecular weight is 266 g/mol. The van der Waals surface area contributed by atoms with Gasteiger partial charge in [0.1, 0.15) is 5.60 Å². The fraction of sp³-hybridized carbons (Fsp3) is 0.933. The fourth-order valence-electron chi connectivity index (χ4n) is 5.03. The van der Waals surface area contributed by atoms with Crippen LogP contribution in [0.1, 0.15) is 46.5 Å². The third-order valence-corrected chi connectivity index (χ3v) is 6.00. The van der Waals surface area contributed by atoms with E-state index in [-0.39, 0.29) is 23.4 Å². The average Bonchev–Trinajstić information content (AvgIpc) is 2.56. The Morgan fingerprint density at radius 1 is 1.16 bits per heavy atom. The van der Waals surface area contributed by atoms with Crippen LogP contribution in [0.15, 0.2) is 0 Å². The van der Waals surface area contributed by atoms with Crippen molar-refractivity contribution < 1.29 is 19.0 Å². The van der Waals surface area contributed by atoms with Gasteiger partial charge in [0.2, 0.25) is 6.29 Å². The van der Waals surface area contributed by atoms with E-state index < -0.39 is 12.1 Å². The van der Waals surface area contributed by atoms with Crippen LogP contribution in [-0.4, -0.2) is 23.6 Å². The lowest BCUT2D eigenvalue weighted by molar-refractivity contribution is -0.263. The molecule has 4 aliphatic rings. The van der Waals surface area contributed by atoms with Gasteiger partial charge in [0.25, 0.3) is 0 Å². The summed E-state index contributed by atoms with van der Waals surface area (Å²) in [5, 5.41) is 0. The zero-order valence-electron chi connectivity index (χ0n) is 11.8. The summed E-state index contributed by atoms with van der Waals surface area (Å²) in [5.41, 5.74) is -0.377. The highest BCUT2D eigenvalue weighted by Gasteiger charge is 2.72. The van der Waals surface area contributed by atoms with E-state index in [1.165, 1.54) is 6.42 Å². The number of carbonyl (C=O) groups is 1. The first-order chi connectivity index (χ1) is 8.96. The Kier molecular flexibility index (Phi) is 2.26. The summed E-state index contributed by atoms with van der Waals surface area (Å²) in [6.45, 7) is 6.28. The zero-order valence-corrected chi connectivity index (χ0v) is 11.8. The molecular formula is C15H22O4. The van der Waals surface area contributed by atoms with Crippen molar-refractivity contribution in [3.8, 4) is 0 Å². The maximum absolute atomic E-state index is 12.1. The quantitative estimate of drug-likeness (QED) is 0.632. The first-order valence-corrected chi connectivity index (χ1v) is 7.55. The van der Waals surface area contributed by atoms with Crippen molar-refractivity contribution in [2.24, 2.45) is 23.7 Å². The van der Waals surface area contributed by atoms with Crippen molar-refractivity contribution >= 4 is 5.97 Å². The second-order valence-electron chi connectivity index (χ2n) is 7.07. The normalized spacial score (nSPS) is 59.5. The molecule has 4 rings (SSSR count). The topological polar surface area (TPSA) is 44.8 Å². The summed E-state index contributed by atoms with van der Waals surface area (Å²) >= 11 is 0. The molecule has 1 spiro atoms. The van der Waals surface area contributed by atoms with Crippen molar-refractivity contribution in [3.63, 3.8) is 0 Å². The van der Waals surface area contributed by atoms with Gasteiger partial charge < -0.3 is 14.2 Å². The highest BCUT2D eigenvalue weighted by Crippen LogP contribution is 2.62. The van der Waals surface area contributed by atoms with E-state index in [0.29, 0.717) is 11.8 Å². The molecule has 0 aromatic heterocycles. The largest absolute Gasteiger partial charge is 0.432 e. The molecule has 3 saturated heterocycles. The van der Waals surface area contributed by atoms with E-state index in [4.69, 9.17) is 14.2 Å². The van der Waals surface area contributed by atoms with Gasteiger partial charge in [-0.25, -0.2) is 0 Å². The molecule has 4 nitrogen and oxygen atoms in total. The lowest BCUT2D eigenvalue weighted by atomic mass is 9.57. The summed E-state index contributed by atoms with van der Waals surface area (Å²) in [6, 6.07) is 0. The van der Waals surface area contributed by atoms with Gasteiger partial charge in [-0.2, -0.15) is 0 Å². The molecule has 106 valence electrons. The monoisotopic (exact) mass is 266 g/mol. The minimum atomic E-state index is -0.555. The van der Waals surface area contributed by atoms with Crippen LogP contribution < -0.4 is 0 Å². The van der Waals surface area contributed by atoms with Crippen molar-refractivity contribution in [2.75, 3.05) is 0 Å². The Labute approximate surface area is 113 Å². The van der Waals surface area contributed by atoms with Crippen LogP contribution in [0.3, 0.4) is 0 Å². The van der Waals surface area contributed by atoms with Gasteiger partial charge in [0.05, 0.1) is 5.92 Å². The van der Waals surface area contributed by atoms with Crippen LogP contribution in [0.5, 0.6) is 0 Å². The number of carbonyl (C=O) groups excluding carboxylic acids is 1. The fourth-order valence-corrected chi connectivity index (χ4v) is 5.03. The molecule has 19 heavy (non-hydrogen) atoms. The number of rotatable bonds is 0. The Bertz CT molecular complexity index is 436. The van der Waals surface area contributed by atoms with Gasteiger partial charge in [-0.3, -0.25) is 4.79 Å². The molecule has 0 amide bonds. The number of ether oxygens (including phenoxy) is 3. The van der Waals surface area contributed by atoms with Crippen molar-refractivity contribution in [2.45, 2.75) is 64.1 Å². The summed E-state index contributed by atoms with van der Waals surface area (Å²) < 4.78 is 18.0. The first kappa shape index (κ1) is 12.2. The lowest BCUT2D eigenvalue weighted by Gasteiger charge is -2.56. The molecule has 0 radical (unpaired) electrons. The minimum Gasteiger partial charge on any atom is -0.432 e. The number of esters is 1. The molecule has 2 bridgehead atoms. The van der Waals surface area contributed by atoms with Crippen molar-refractivity contribution in [1.82, 2.24) is 0 Å². The van der Waals surface area contributed by atoms with Gasteiger partial charge in [0.15, 0.2) is 5.79 Å². The lowest BCUT2D eigenvalue weighted by Crippen LogP contribution is -2.65. The summed E-state index contributed by atoms with van der Waals surface area (Å²) in [7, 11) is 0. The smallest absolute Gasteiger partial charge is 0.311 e. The van der Waals surface area contributed by atoms with E-state index in [1.807, 2.05) is 13.8 Å². The second kappa shape index (κ2) is 3.53. The maximum atomic E-state index is 12.1. The van der Waals surface area contributed by atoms with Crippen LogP contribution in [-0.2, 0) is 19.0 Å². The highest BCUT2D eigenvalue weighted by molar-refractivity contribution is 5.74. The summed E-state index contributed by atoms with van der Waals surface area (Å²) in [4.78, 5) is 12.1. The van der Waals surface area contributed by atoms with Gasteiger partial charge >= 0.3 is 5.97 Å². The molecule has 4 heteroatoms. The zero-order chi connectivity index (χ0) is 13.4. The van der Waals surface area contributed by atoms with Crippen LogP contribution in [0.4, 0.5) is 0 Å². The molecule has 0 N–H and O–H groups in total. The number of hydrogen-bond donors (Lipinski definition) is 0. The van der Waals surface area contributed by atoms with E-state index in [0.717, 1.165) is 19.3 Å². The standard InChI is InChI=1S/C15H22O4/c1-8-4-5-11-9(2)12(16)17-13-15(11)10(8)6-7-14(3,18-13)19-15/h8-11,13H,4-7H2,1-3H3/t8-,9-,10-,11-,13-,14+,15-/m1/s1. The molecule has 3 heterocycles. The van der Waals surface area contributed by atoms with Crippen LogP contribution in [0.2, 0.25) is 0 Å². The molecule has 1 aliphatic carbocycles. The van der Waals surface area contributed by atoms with E-state index in [2.05, 4.69) is 6.92 Å². The highest BCUT2D eigenvalue weighted by atomic mass is 16.8. The van der Waals surface area contributed by atoms with E-state index in [1.54, 1.807) is 0 Å². The molecule has 3 aliphatic heterocycles. The summed E-state index contributed by atoms with van der Waals surface area (Å²) in [6.07, 6.45) is 3.76. The molecule has 0 unspecified atom stereocenters. The van der Waals surface area contributed by atoms with Gasteiger partial charge in [0, 0.05) is 12.3 Å². The van der Waals surface area contributed by atoms with Crippen molar-refractivity contribution in [3.05, 3.63) is 0 Å². The number of fused-ring (bicyclic) bond motifs is 1. The van der Waals surface area contributed by atoms with Gasteiger partial charge in [-0.05, 0) is 38.0 Å². The van der Waals surface area contributed by atoms with Crippen LogP contribution in [0.25, 0.3) is 0 Å². The Hall–Kier alpha value is -0.610. The molecule has 1 saturated carbocycles. The third kappa shape index (κ3) is 1.34. The number of hydrogen-bond acceptors (Lipinski definition) is 4. The molecule has 0 aromatic carbocycles. The SMILES string of the molecule is C[C@@H]1CC[C@@H]2[C@@H](C)C(=O)O[C@@H]3O[C@]4(C)CC[C@H]1[C@]32O4. The Balaban J connectivity index is 1.84. The second-order valence-corrected chi connectivity index (χ2v) is 7.07. The van der Waals surface area contributed by atoms with E-state index >= 15 is 0 Å². The predicted molar refractivity (Wildman–Crippen MR) is 67.0 cm³/mol. The molecule has 4 fully saturated rings. The maximum Gasteiger partial charge on any atom is 0.311 e. The first-order valence-electron chi connectivity index (χ1n) is 7.55. The summed E-state index contributed by atoms with van der Waals surface area (Å²) in [5.74, 6) is 0.586. The molecule has 0 aromatic rings.